The van der Waals surface area contributed by atoms with E-state index in [4.69, 9.17) is 5.73 Å². The van der Waals surface area contributed by atoms with Gasteiger partial charge in [0.05, 0.1) is 11.4 Å². The highest BCUT2D eigenvalue weighted by Gasteiger charge is 2.13. The van der Waals surface area contributed by atoms with E-state index >= 15 is 0 Å². The van der Waals surface area contributed by atoms with E-state index in [1.165, 1.54) is 0 Å². The van der Waals surface area contributed by atoms with Crippen LogP contribution in [0.1, 0.15) is 35.9 Å². The van der Waals surface area contributed by atoms with E-state index in [0.717, 1.165) is 18.5 Å². The number of carbonyl (C=O) groups is 1. The van der Waals surface area contributed by atoms with Crippen LogP contribution in [0.2, 0.25) is 0 Å². The van der Waals surface area contributed by atoms with E-state index in [0.29, 0.717) is 17.9 Å². The van der Waals surface area contributed by atoms with Crippen molar-refractivity contribution in [3.63, 3.8) is 0 Å². The topological polar surface area (TPSA) is 83.8 Å². The first-order chi connectivity index (χ1) is 6.66. The average molecular weight is 196 g/mol. The molecular formula is C9H16N4O. The van der Waals surface area contributed by atoms with Crippen molar-refractivity contribution in [2.24, 2.45) is 0 Å². The van der Waals surface area contributed by atoms with Crippen LogP contribution >= 0.6 is 0 Å². The van der Waals surface area contributed by atoms with Gasteiger partial charge in [0.25, 0.3) is 5.91 Å². The molecule has 14 heavy (non-hydrogen) atoms. The molecule has 0 fully saturated rings. The minimum atomic E-state index is -0.208. The predicted octanol–water partition coefficient (Wildman–Crippen LogP) is 0.830. The van der Waals surface area contributed by atoms with E-state index in [2.05, 4.69) is 22.4 Å². The second-order valence-corrected chi connectivity index (χ2v) is 3.22. The fourth-order valence-corrected chi connectivity index (χ4v) is 1.07. The van der Waals surface area contributed by atoms with Crippen LogP contribution in [0.3, 0.4) is 0 Å². The summed E-state index contributed by atoms with van der Waals surface area (Å²) in [6.07, 6.45) is 2.02. The van der Waals surface area contributed by atoms with Gasteiger partial charge in [-0.05, 0) is 13.3 Å². The molecule has 0 aliphatic heterocycles. The molecule has 5 heteroatoms. The third kappa shape index (κ3) is 2.25. The van der Waals surface area contributed by atoms with E-state index in [-0.39, 0.29) is 5.91 Å². The number of amides is 1. The first-order valence-corrected chi connectivity index (χ1v) is 4.75. The molecule has 0 saturated carbocycles. The summed E-state index contributed by atoms with van der Waals surface area (Å²) >= 11 is 0. The molecule has 1 amide bonds. The van der Waals surface area contributed by atoms with Crippen LogP contribution in [0.5, 0.6) is 0 Å². The van der Waals surface area contributed by atoms with Crippen molar-refractivity contribution in [3.05, 3.63) is 11.4 Å². The zero-order chi connectivity index (χ0) is 10.6. The van der Waals surface area contributed by atoms with Gasteiger partial charge in [0.2, 0.25) is 0 Å². The number of nitrogens with two attached hydrogens (primary N) is 1. The molecule has 1 rings (SSSR count). The van der Waals surface area contributed by atoms with Gasteiger partial charge >= 0.3 is 0 Å². The molecule has 0 saturated heterocycles. The number of unbranched alkanes of at least 4 members (excludes halogenated alkanes) is 1. The number of anilines is 1. The second kappa shape index (κ2) is 4.64. The Morgan fingerprint density at radius 3 is 2.86 bits per heavy atom. The van der Waals surface area contributed by atoms with Crippen molar-refractivity contribution in [1.82, 2.24) is 15.5 Å². The summed E-state index contributed by atoms with van der Waals surface area (Å²) in [5.74, 6) is -0.208. The average Bonchev–Trinajstić information content (AvgIpc) is 2.48. The molecule has 1 heterocycles. The fraction of sp³-hybridized carbons (Fsp3) is 0.556. The first-order valence-electron chi connectivity index (χ1n) is 4.75. The molecule has 5 nitrogen and oxygen atoms in total. The van der Waals surface area contributed by atoms with Gasteiger partial charge in [-0.25, -0.2) is 0 Å². The van der Waals surface area contributed by atoms with Crippen molar-refractivity contribution in [2.75, 3.05) is 12.3 Å². The number of nitrogens with one attached hydrogen (secondary N) is 2. The van der Waals surface area contributed by atoms with Crippen molar-refractivity contribution >= 4 is 11.6 Å². The molecule has 0 aromatic carbocycles. The van der Waals surface area contributed by atoms with Gasteiger partial charge in [-0.15, -0.1) is 0 Å². The van der Waals surface area contributed by atoms with Gasteiger partial charge in [0.1, 0.15) is 0 Å². The number of rotatable bonds is 4. The van der Waals surface area contributed by atoms with Gasteiger partial charge in [-0.2, -0.15) is 5.10 Å². The number of aryl methyl sites for hydroxylation is 1. The Morgan fingerprint density at radius 2 is 2.36 bits per heavy atom. The number of carbonyl (C=O) groups excluding carboxylic acids is 1. The molecule has 1 aromatic rings. The highest BCUT2D eigenvalue weighted by Crippen LogP contribution is 2.11. The van der Waals surface area contributed by atoms with Crippen LogP contribution in [0.4, 0.5) is 5.69 Å². The Hall–Kier alpha value is -1.52. The molecule has 0 aliphatic carbocycles. The normalized spacial score (nSPS) is 10.1. The maximum Gasteiger partial charge on any atom is 0.273 e. The lowest BCUT2D eigenvalue weighted by molar-refractivity contribution is 0.0949. The lowest BCUT2D eigenvalue weighted by atomic mass is 10.3. The molecule has 0 bridgehead atoms. The first kappa shape index (κ1) is 10.6. The molecular weight excluding hydrogens is 180 g/mol. The monoisotopic (exact) mass is 196 g/mol. The van der Waals surface area contributed by atoms with Crippen molar-refractivity contribution in [2.45, 2.75) is 26.7 Å². The standard InChI is InChI=1S/C9H16N4O/c1-3-4-5-11-9(14)8-7(10)6(2)12-13-8/h3-5,10H2,1-2H3,(H,11,14)(H,12,13). The largest absolute Gasteiger partial charge is 0.395 e. The summed E-state index contributed by atoms with van der Waals surface area (Å²) in [5.41, 5.74) is 7.10. The fourth-order valence-electron chi connectivity index (χ4n) is 1.07. The van der Waals surface area contributed by atoms with Gasteiger partial charge in [0.15, 0.2) is 5.69 Å². The van der Waals surface area contributed by atoms with E-state index in [9.17, 15) is 4.79 Å². The quantitative estimate of drug-likeness (QED) is 0.624. The van der Waals surface area contributed by atoms with E-state index < -0.39 is 0 Å². The minimum absolute atomic E-state index is 0.208. The van der Waals surface area contributed by atoms with Crippen LogP contribution in [0.15, 0.2) is 0 Å². The van der Waals surface area contributed by atoms with Crippen LogP contribution in [0.25, 0.3) is 0 Å². The van der Waals surface area contributed by atoms with Gasteiger partial charge in [-0.3, -0.25) is 9.89 Å². The summed E-state index contributed by atoms with van der Waals surface area (Å²) in [6.45, 7) is 4.52. The molecule has 0 aliphatic rings. The molecule has 1 aromatic heterocycles. The van der Waals surface area contributed by atoms with Crippen LogP contribution in [0, 0.1) is 6.92 Å². The molecule has 0 spiro atoms. The summed E-state index contributed by atoms with van der Waals surface area (Å²) in [7, 11) is 0. The van der Waals surface area contributed by atoms with E-state index in [1.54, 1.807) is 6.92 Å². The Bertz CT molecular complexity index is 319. The summed E-state index contributed by atoms with van der Waals surface area (Å²) < 4.78 is 0. The summed E-state index contributed by atoms with van der Waals surface area (Å²) in [6, 6.07) is 0. The Balaban J connectivity index is 2.56. The molecule has 0 radical (unpaired) electrons. The summed E-state index contributed by atoms with van der Waals surface area (Å²) in [4.78, 5) is 11.5. The molecule has 0 atom stereocenters. The summed E-state index contributed by atoms with van der Waals surface area (Å²) in [5, 5.41) is 9.26. The van der Waals surface area contributed by atoms with Crippen molar-refractivity contribution in [3.8, 4) is 0 Å². The smallest absolute Gasteiger partial charge is 0.273 e. The minimum Gasteiger partial charge on any atom is -0.395 e. The van der Waals surface area contributed by atoms with Crippen molar-refractivity contribution in [1.29, 1.82) is 0 Å². The number of nitrogen functional groups attached to an aromatic ring is 1. The maximum atomic E-state index is 11.5. The maximum absolute atomic E-state index is 11.5. The van der Waals surface area contributed by atoms with Gasteiger partial charge in [-0.1, -0.05) is 13.3 Å². The number of aromatic nitrogens is 2. The number of hydrogen-bond donors (Lipinski definition) is 3. The van der Waals surface area contributed by atoms with Crippen molar-refractivity contribution < 1.29 is 4.79 Å². The van der Waals surface area contributed by atoms with Gasteiger partial charge < -0.3 is 11.1 Å². The van der Waals surface area contributed by atoms with Crippen LogP contribution < -0.4 is 11.1 Å². The number of aromatic amines is 1. The third-order valence-electron chi connectivity index (χ3n) is 2.03. The zero-order valence-electron chi connectivity index (χ0n) is 8.55. The number of nitrogens with zero attached hydrogens (tertiary/aromatic N) is 1. The molecule has 78 valence electrons. The lowest BCUT2D eigenvalue weighted by Gasteiger charge is -2.01. The van der Waals surface area contributed by atoms with Crippen LogP contribution in [-0.4, -0.2) is 22.6 Å². The zero-order valence-corrected chi connectivity index (χ0v) is 8.55. The molecule has 0 unspecified atom stereocenters. The number of hydrogen-bond acceptors (Lipinski definition) is 3. The second-order valence-electron chi connectivity index (χ2n) is 3.22. The predicted molar refractivity (Wildman–Crippen MR) is 55.0 cm³/mol. The lowest BCUT2D eigenvalue weighted by Crippen LogP contribution is -2.25. The Kier molecular flexibility index (Phi) is 3.50. The number of H-pyrrole nitrogens is 1. The van der Waals surface area contributed by atoms with Crippen LogP contribution in [-0.2, 0) is 0 Å². The SMILES string of the molecule is CCCCNC(=O)c1n[nH]c(C)c1N. The Labute approximate surface area is 83.1 Å². The third-order valence-corrected chi connectivity index (χ3v) is 2.03. The highest BCUT2D eigenvalue weighted by atomic mass is 16.1. The highest BCUT2D eigenvalue weighted by molar-refractivity contribution is 5.97. The van der Waals surface area contributed by atoms with Gasteiger partial charge in [0, 0.05) is 6.54 Å². The molecule has 4 N–H and O–H groups in total. The Morgan fingerprint density at radius 1 is 1.64 bits per heavy atom. The van der Waals surface area contributed by atoms with E-state index in [1.807, 2.05) is 0 Å².